The lowest BCUT2D eigenvalue weighted by Gasteiger charge is -2.35. The SMILES string of the molecule is N#C/C(=C/N1CCN(c2cccc(Cl)c2)CC1)C(=O)Nc1cccc(C(=O)O)c1. The van der Waals surface area contributed by atoms with Crippen molar-refractivity contribution >= 4 is 34.9 Å². The van der Waals surface area contributed by atoms with Crippen LogP contribution < -0.4 is 10.2 Å². The molecule has 0 saturated carbocycles. The highest BCUT2D eigenvalue weighted by molar-refractivity contribution is 6.30. The summed E-state index contributed by atoms with van der Waals surface area (Å²) in [6.45, 7) is 2.77. The van der Waals surface area contributed by atoms with Crippen LogP contribution in [0.2, 0.25) is 5.02 Å². The Bertz CT molecular complexity index is 991. The Hall–Kier alpha value is -3.50. The molecule has 0 unspecified atom stereocenters. The van der Waals surface area contributed by atoms with E-state index in [-0.39, 0.29) is 11.1 Å². The van der Waals surface area contributed by atoms with Crippen molar-refractivity contribution in [1.82, 2.24) is 4.90 Å². The third kappa shape index (κ3) is 5.27. The molecule has 1 aliphatic heterocycles. The minimum Gasteiger partial charge on any atom is -0.478 e. The van der Waals surface area contributed by atoms with E-state index in [1.807, 2.05) is 35.2 Å². The number of nitriles is 1. The Balaban J connectivity index is 1.63. The van der Waals surface area contributed by atoms with Gasteiger partial charge in [0, 0.05) is 48.8 Å². The number of anilines is 2. The quantitative estimate of drug-likeness (QED) is 0.580. The maximum atomic E-state index is 12.4. The number of nitrogens with zero attached hydrogens (tertiary/aromatic N) is 3. The molecule has 0 spiro atoms. The number of carbonyl (C=O) groups excluding carboxylic acids is 1. The molecule has 0 radical (unpaired) electrons. The third-order valence-corrected chi connectivity index (χ3v) is 4.77. The minimum atomic E-state index is -1.09. The largest absolute Gasteiger partial charge is 0.478 e. The van der Waals surface area contributed by atoms with Gasteiger partial charge in [-0.1, -0.05) is 23.7 Å². The summed E-state index contributed by atoms with van der Waals surface area (Å²) in [6, 6.07) is 15.4. The molecule has 0 aromatic heterocycles. The van der Waals surface area contributed by atoms with Crippen molar-refractivity contribution in [2.24, 2.45) is 0 Å². The van der Waals surface area contributed by atoms with Gasteiger partial charge in [-0.3, -0.25) is 4.79 Å². The van der Waals surface area contributed by atoms with E-state index in [4.69, 9.17) is 16.7 Å². The highest BCUT2D eigenvalue weighted by Crippen LogP contribution is 2.21. The van der Waals surface area contributed by atoms with E-state index in [0.717, 1.165) is 18.8 Å². The highest BCUT2D eigenvalue weighted by Gasteiger charge is 2.18. The number of halogens is 1. The van der Waals surface area contributed by atoms with Gasteiger partial charge in [-0.25, -0.2) is 4.79 Å². The summed E-state index contributed by atoms with van der Waals surface area (Å²) in [5.74, 6) is -1.66. The van der Waals surface area contributed by atoms with Crippen LogP contribution in [0.1, 0.15) is 10.4 Å². The molecule has 8 heteroatoms. The number of hydrogen-bond acceptors (Lipinski definition) is 5. The summed E-state index contributed by atoms with van der Waals surface area (Å²) in [7, 11) is 0. The van der Waals surface area contributed by atoms with Gasteiger partial charge < -0.3 is 20.2 Å². The van der Waals surface area contributed by atoms with Crippen molar-refractivity contribution in [3.63, 3.8) is 0 Å². The van der Waals surface area contributed by atoms with E-state index in [2.05, 4.69) is 10.2 Å². The maximum Gasteiger partial charge on any atom is 0.335 e. The number of nitrogens with one attached hydrogen (secondary N) is 1. The van der Waals surface area contributed by atoms with Crippen molar-refractivity contribution in [3.05, 3.63) is 70.9 Å². The molecular weight excluding hydrogens is 392 g/mol. The van der Waals surface area contributed by atoms with Crippen LogP contribution in [-0.2, 0) is 4.79 Å². The van der Waals surface area contributed by atoms with Gasteiger partial charge in [-0.2, -0.15) is 5.26 Å². The Morgan fingerprint density at radius 1 is 1.10 bits per heavy atom. The number of aromatic carboxylic acids is 1. The molecule has 1 saturated heterocycles. The molecule has 0 atom stereocenters. The minimum absolute atomic E-state index is 0.0399. The second kappa shape index (κ2) is 9.13. The van der Waals surface area contributed by atoms with Crippen LogP contribution in [0.5, 0.6) is 0 Å². The normalized spacial score (nSPS) is 14.3. The number of rotatable bonds is 5. The number of carbonyl (C=O) groups is 2. The fourth-order valence-corrected chi connectivity index (χ4v) is 3.22. The second-order valence-corrected chi connectivity index (χ2v) is 6.93. The summed E-state index contributed by atoms with van der Waals surface area (Å²) in [5, 5.41) is 21.7. The van der Waals surface area contributed by atoms with Crippen LogP contribution in [0.3, 0.4) is 0 Å². The first-order valence-electron chi connectivity index (χ1n) is 8.97. The molecule has 0 aliphatic carbocycles. The van der Waals surface area contributed by atoms with Crippen LogP contribution in [0, 0.1) is 11.3 Å². The summed E-state index contributed by atoms with van der Waals surface area (Å²) in [4.78, 5) is 27.6. The molecule has 3 rings (SSSR count). The van der Waals surface area contributed by atoms with Crippen molar-refractivity contribution in [3.8, 4) is 6.07 Å². The van der Waals surface area contributed by atoms with Crippen LogP contribution >= 0.6 is 11.6 Å². The first kappa shape index (κ1) is 20.2. The lowest BCUT2D eigenvalue weighted by Crippen LogP contribution is -2.44. The molecular formula is C21H19ClN4O3. The monoisotopic (exact) mass is 410 g/mol. The van der Waals surface area contributed by atoms with Crippen molar-refractivity contribution in [1.29, 1.82) is 5.26 Å². The van der Waals surface area contributed by atoms with Crippen molar-refractivity contribution in [2.75, 3.05) is 36.4 Å². The van der Waals surface area contributed by atoms with E-state index in [9.17, 15) is 14.9 Å². The fraction of sp³-hybridized carbons (Fsp3) is 0.190. The molecule has 29 heavy (non-hydrogen) atoms. The Labute approximate surface area is 173 Å². The van der Waals surface area contributed by atoms with E-state index >= 15 is 0 Å². The number of carboxylic acid groups (broad SMARTS) is 1. The average Bonchev–Trinajstić information content (AvgIpc) is 2.72. The van der Waals surface area contributed by atoms with E-state index in [1.165, 1.54) is 18.2 Å². The fourth-order valence-electron chi connectivity index (χ4n) is 3.03. The number of piperazine rings is 1. The Kier molecular flexibility index (Phi) is 6.37. The molecule has 1 fully saturated rings. The van der Waals surface area contributed by atoms with Crippen LogP contribution in [0.4, 0.5) is 11.4 Å². The second-order valence-electron chi connectivity index (χ2n) is 6.50. The molecule has 1 amide bonds. The van der Waals surface area contributed by atoms with Gasteiger partial charge in [0.05, 0.1) is 5.56 Å². The van der Waals surface area contributed by atoms with Crippen molar-refractivity contribution in [2.45, 2.75) is 0 Å². The average molecular weight is 411 g/mol. The molecule has 2 aromatic carbocycles. The van der Waals surface area contributed by atoms with Crippen LogP contribution in [-0.4, -0.2) is 48.1 Å². The topological polar surface area (TPSA) is 96.7 Å². The van der Waals surface area contributed by atoms with E-state index in [0.29, 0.717) is 23.8 Å². The number of hydrogen-bond donors (Lipinski definition) is 2. The van der Waals surface area contributed by atoms with Crippen LogP contribution in [0.15, 0.2) is 60.3 Å². The summed E-state index contributed by atoms with van der Waals surface area (Å²) < 4.78 is 0. The van der Waals surface area contributed by atoms with Crippen molar-refractivity contribution < 1.29 is 14.7 Å². The molecule has 0 bridgehead atoms. The lowest BCUT2D eigenvalue weighted by molar-refractivity contribution is -0.112. The first-order valence-corrected chi connectivity index (χ1v) is 9.35. The van der Waals surface area contributed by atoms with Crippen LogP contribution in [0.25, 0.3) is 0 Å². The molecule has 2 N–H and O–H groups in total. The van der Waals surface area contributed by atoms with Gasteiger partial charge in [0.25, 0.3) is 5.91 Å². The molecule has 7 nitrogen and oxygen atoms in total. The number of benzene rings is 2. The number of carboxylic acids is 1. The maximum absolute atomic E-state index is 12.4. The van der Waals surface area contributed by atoms with E-state index < -0.39 is 11.9 Å². The summed E-state index contributed by atoms with van der Waals surface area (Å²) >= 11 is 6.05. The lowest BCUT2D eigenvalue weighted by atomic mass is 10.2. The van der Waals surface area contributed by atoms with Gasteiger partial charge in [-0.15, -0.1) is 0 Å². The van der Waals surface area contributed by atoms with Gasteiger partial charge in [0.1, 0.15) is 11.6 Å². The summed E-state index contributed by atoms with van der Waals surface area (Å²) in [5.41, 5.74) is 1.38. The first-order chi connectivity index (χ1) is 14.0. The molecule has 148 valence electrons. The zero-order valence-electron chi connectivity index (χ0n) is 15.5. The highest BCUT2D eigenvalue weighted by atomic mass is 35.5. The molecule has 1 heterocycles. The number of amides is 1. The smallest absolute Gasteiger partial charge is 0.335 e. The van der Waals surface area contributed by atoms with Gasteiger partial charge in [0.15, 0.2) is 0 Å². The van der Waals surface area contributed by atoms with Gasteiger partial charge in [-0.05, 0) is 36.4 Å². The standard InChI is InChI=1S/C21H19ClN4O3/c22-17-4-2-6-19(12-17)26-9-7-25(8-10-26)14-16(13-23)20(27)24-18-5-1-3-15(11-18)21(28)29/h1-6,11-12,14H,7-10H2,(H,24,27)(H,28,29)/b16-14-. The molecule has 1 aliphatic rings. The Morgan fingerprint density at radius 3 is 2.48 bits per heavy atom. The molecule has 2 aromatic rings. The van der Waals surface area contributed by atoms with Gasteiger partial charge >= 0.3 is 5.97 Å². The Morgan fingerprint density at radius 2 is 1.83 bits per heavy atom. The predicted octanol–water partition coefficient (Wildman–Crippen LogP) is 3.21. The third-order valence-electron chi connectivity index (χ3n) is 4.53. The zero-order valence-corrected chi connectivity index (χ0v) is 16.3. The zero-order chi connectivity index (χ0) is 20.8. The van der Waals surface area contributed by atoms with E-state index in [1.54, 1.807) is 12.3 Å². The predicted molar refractivity (Wildman–Crippen MR) is 111 cm³/mol. The summed E-state index contributed by atoms with van der Waals surface area (Å²) in [6.07, 6.45) is 1.55. The van der Waals surface area contributed by atoms with Gasteiger partial charge in [0.2, 0.25) is 0 Å².